The van der Waals surface area contributed by atoms with Crippen LogP contribution in [0.25, 0.3) is 11.1 Å². The zero-order valence-corrected chi connectivity index (χ0v) is 19.4. The molecular formula is C25H19FN6O5. The second-order valence-corrected chi connectivity index (χ2v) is 8.71. The number of carbonyl (C=O) groups excluding carboxylic acids is 3. The summed E-state index contributed by atoms with van der Waals surface area (Å²) in [4.78, 5) is 48.2. The standard InChI is InChI=1S/C25H19FN6O5/c1-36-16-3-2-13-11-32(22(33)17(13)7-16)12-25(23(34)30-24(35)31-25)20-8-18-19(37-20)4-5-21(29-18)28-15-6-14(26)9-27-10-15/h2-10H,11-12H2,1H3,(H,28,29)(H2,30,31,34,35). The summed E-state index contributed by atoms with van der Waals surface area (Å²) < 4.78 is 24.7. The van der Waals surface area contributed by atoms with Gasteiger partial charge in [0.1, 0.15) is 28.7 Å². The summed E-state index contributed by atoms with van der Waals surface area (Å²) in [6.07, 6.45) is 2.54. The topological polar surface area (TPSA) is 139 Å². The van der Waals surface area contributed by atoms with Crippen LogP contribution < -0.4 is 20.7 Å². The SMILES string of the molecule is COc1ccc2c(c1)C(=O)N(CC1(c3cc4nc(Nc5cncc(F)c5)ccc4o3)NC(=O)NC1=O)C2. The Hall–Kier alpha value is -5.00. The van der Waals surface area contributed by atoms with E-state index in [1.165, 1.54) is 30.3 Å². The fraction of sp³-hybridized carbons (Fsp3) is 0.160. The minimum atomic E-state index is -1.67. The van der Waals surface area contributed by atoms with Crippen molar-refractivity contribution in [3.63, 3.8) is 0 Å². The number of ether oxygens (including phenoxy) is 1. The summed E-state index contributed by atoms with van der Waals surface area (Å²) in [6.45, 7) is 0.0809. The molecule has 5 heterocycles. The largest absolute Gasteiger partial charge is 0.497 e. The quantitative estimate of drug-likeness (QED) is 0.342. The molecule has 2 aliphatic rings. The smallest absolute Gasteiger partial charge is 0.322 e. The lowest BCUT2D eigenvalue weighted by Crippen LogP contribution is -2.52. The number of pyridine rings is 2. The van der Waals surface area contributed by atoms with Gasteiger partial charge in [-0.15, -0.1) is 0 Å². The van der Waals surface area contributed by atoms with Crippen molar-refractivity contribution in [3.8, 4) is 5.75 Å². The van der Waals surface area contributed by atoms with Gasteiger partial charge < -0.3 is 24.7 Å². The van der Waals surface area contributed by atoms with Gasteiger partial charge in [0.15, 0.2) is 11.1 Å². The van der Waals surface area contributed by atoms with Gasteiger partial charge in [-0.2, -0.15) is 0 Å². The number of nitrogens with zero attached hydrogens (tertiary/aromatic N) is 3. The van der Waals surface area contributed by atoms with E-state index in [1.807, 2.05) is 0 Å². The van der Waals surface area contributed by atoms with Crippen LogP contribution in [0.1, 0.15) is 21.7 Å². The van der Waals surface area contributed by atoms with E-state index < -0.39 is 23.3 Å². The third-order valence-electron chi connectivity index (χ3n) is 6.34. The van der Waals surface area contributed by atoms with Crippen molar-refractivity contribution in [1.82, 2.24) is 25.5 Å². The lowest BCUT2D eigenvalue weighted by Gasteiger charge is -2.28. The molecule has 0 aliphatic carbocycles. The fourth-order valence-corrected chi connectivity index (χ4v) is 4.57. The number of nitrogens with one attached hydrogen (secondary N) is 3. The molecule has 1 unspecified atom stereocenters. The van der Waals surface area contributed by atoms with Crippen molar-refractivity contribution in [2.24, 2.45) is 0 Å². The van der Waals surface area contributed by atoms with Gasteiger partial charge in [-0.1, -0.05) is 6.07 Å². The van der Waals surface area contributed by atoms with Crippen LogP contribution in [-0.4, -0.2) is 46.4 Å². The van der Waals surface area contributed by atoms with Crippen LogP contribution >= 0.6 is 0 Å². The molecule has 6 rings (SSSR count). The number of anilines is 2. The highest BCUT2D eigenvalue weighted by molar-refractivity contribution is 6.08. The number of hydrogen-bond acceptors (Lipinski definition) is 8. The zero-order chi connectivity index (χ0) is 25.7. The van der Waals surface area contributed by atoms with Gasteiger partial charge in [0.05, 0.1) is 31.7 Å². The van der Waals surface area contributed by atoms with Crippen molar-refractivity contribution in [3.05, 3.63) is 77.6 Å². The van der Waals surface area contributed by atoms with Gasteiger partial charge >= 0.3 is 6.03 Å². The van der Waals surface area contributed by atoms with Crippen molar-refractivity contribution in [1.29, 1.82) is 0 Å². The van der Waals surface area contributed by atoms with Crippen LogP contribution in [0.2, 0.25) is 0 Å². The van der Waals surface area contributed by atoms with Gasteiger partial charge in [-0.25, -0.2) is 14.2 Å². The Labute approximate surface area is 208 Å². The molecule has 1 fully saturated rings. The van der Waals surface area contributed by atoms with Crippen LogP contribution in [-0.2, 0) is 16.9 Å². The Morgan fingerprint density at radius 1 is 1.16 bits per heavy atom. The minimum Gasteiger partial charge on any atom is -0.497 e. The first kappa shape index (κ1) is 22.5. The molecule has 3 aromatic heterocycles. The van der Waals surface area contributed by atoms with Crippen LogP contribution in [0.15, 0.2) is 59.3 Å². The van der Waals surface area contributed by atoms with Crippen molar-refractivity contribution in [2.45, 2.75) is 12.1 Å². The number of urea groups is 1. The second-order valence-electron chi connectivity index (χ2n) is 8.71. The Morgan fingerprint density at radius 2 is 2.03 bits per heavy atom. The average Bonchev–Trinajstić information content (AvgIpc) is 3.52. The minimum absolute atomic E-state index is 0.115. The normalized spacial score (nSPS) is 18.6. The number of benzene rings is 1. The molecule has 4 aromatic rings. The lowest BCUT2D eigenvalue weighted by molar-refractivity contribution is -0.125. The maximum Gasteiger partial charge on any atom is 0.322 e. The summed E-state index contributed by atoms with van der Waals surface area (Å²) in [6, 6.07) is 10.5. The Kier molecular flexibility index (Phi) is 5.04. The summed E-state index contributed by atoms with van der Waals surface area (Å²) in [5.74, 6) is -0.408. The monoisotopic (exact) mass is 502 g/mol. The Morgan fingerprint density at radius 3 is 2.78 bits per heavy atom. The maximum absolute atomic E-state index is 13.5. The van der Waals surface area contributed by atoms with E-state index in [0.29, 0.717) is 33.9 Å². The molecule has 3 N–H and O–H groups in total. The Bertz CT molecular complexity index is 1600. The predicted octanol–water partition coefficient (Wildman–Crippen LogP) is 2.80. The van der Waals surface area contributed by atoms with Gasteiger partial charge in [-0.05, 0) is 29.8 Å². The molecule has 1 atom stereocenters. The third kappa shape index (κ3) is 3.78. The van der Waals surface area contributed by atoms with E-state index in [0.717, 1.165) is 11.8 Å². The number of methoxy groups -OCH3 is 1. The van der Waals surface area contributed by atoms with E-state index in [9.17, 15) is 18.8 Å². The van der Waals surface area contributed by atoms with E-state index in [2.05, 4.69) is 25.9 Å². The first-order chi connectivity index (χ1) is 17.8. The van der Waals surface area contributed by atoms with Crippen LogP contribution in [0.4, 0.5) is 20.7 Å². The summed E-state index contributed by atoms with van der Waals surface area (Å²) in [7, 11) is 1.51. The number of aromatic nitrogens is 2. The molecule has 0 radical (unpaired) electrons. The van der Waals surface area contributed by atoms with Gasteiger partial charge in [0.2, 0.25) is 0 Å². The van der Waals surface area contributed by atoms with Crippen LogP contribution in [0.5, 0.6) is 5.75 Å². The molecule has 1 saturated heterocycles. The molecule has 186 valence electrons. The summed E-state index contributed by atoms with van der Waals surface area (Å²) >= 11 is 0. The molecular weight excluding hydrogens is 483 g/mol. The zero-order valence-electron chi connectivity index (χ0n) is 19.4. The highest BCUT2D eigenvalue weighted by Gasteiger charge is 2.53. The second kappa shape index (κ2) is 8.29. The van der Waals surface area contributed by atoms with E-state index in [4.69, 9.17) is 9.15 Å². The summed E-state index contributed by atoms with van der Waals surface area (Å²) in [5.41, 5.74) is 0.718. The highest BCUT2D eigenvalue weighted by atomic mass is 19.1. The molecule has 11 nitrogen and oxygen atoms in total. The fourth-order valence-electron chi connectivity index (χ4n) is 4.57. The number of carbonyl (C=O) groups is 3. The van der Waals surface area contributed by atoms with Crippen LogP contribution in [0.3, 0.4) is 0 Å². The van der Waals surface area contributed by atoms with Crippen molar-refractivity contribution < 1.29 is 27.9 Å². The number of imide groups is 1. The maximum atomic E-state index is 13.5. The van der Waals surface area contributed by atoms with Gasteiger partial charge in [0.25, 0.3) is 11.8 Å². The number of amides is 4. The highest BCUT2D eigenvalue weighted by Crippen LogP contribution is 2.35. The van der Waals surface area contributed by atoms with E-state index in [1.54, 1.807) is 30.3 Å². The molecule has 0 saturated carbocycles. The van der Waals surface area contributed by atoms with E-state index >= 15 is 0 Å². The summed E-state index contributed by atoms with van der Waals surface area (Å²) in [5, 5.41) is 7.85. The van der Waals surface area contributed by atoms with Gasteiger partial charge in [-0.3, -0.25) is 19.9 Å². The molecule has 2 aliphatic heterocycles. The van der Waals surface area contributed by atoms with E-state index in [-0.39, 0.29) is 24.8 Å². The number of furan rings is 1. The molecule has 0 bridgehead atoms. The van der Waals surface area contributed by atoms with Crippen molar-refractivity contribution >= 4 is 40.5 Å². The molecule has 0 spiro atoms. The molecule has 4 amide bonds. The number of fused-ring (bicyclic) bond motifs is 2. The predicted molar refractivity (Wildman–Crippen MR) is 128 cm³/mol. The average molecular weight is 502 g/mol. The third-order valence-corrected chi connectivity index (χ3v) is 6.34. The van der Waals surface area contributed by atoms with Crippen molar-refractivity contribution in [2.75, 3.05) is 19.0 Å². The Balaban J connectivity index is 1.34. The molecule has 37 heavy (non-hydrogen) atoms. The lowest BCUT2D eigenvalue weighted by atomic mass is 9.95. The molecule has 12 heteroatoms. The number of rotatable bonds is 6. The van der Waals surface area contributed by atoms with Gasteiger partial charge in [0, 0.05) is 24.2 Å². The first-order valence-corrected chi connectivity index (χ1v) is 11.2. The first-order valence-electron chi connectivity index (χ1n) is 11.2. The number of halogens is 1. The number of hydrogen-bond donors (Lipinski definition) is 3. The molecule has 1 aromatic carbocycles. The van der Waals surface area contributed by atoms with Crippen LogP contribution in [0, 0.1) is 5.82 Å².